The van der Waals surface area contributed by atoms with Crippen molar-refractivity contribution in [1.29, 1.82) is 0 Å². The number of anilines is 1. The smallest absolute Gasteiger partial charge is 0.133 e. The molecular formula is C16H16N2OS. The van der Waals surface area contributed by atoms with Gasteiger partial charge in [-0.3, -0.25) is 0 Å². The van der Waals surface area contributed by atoms with Crippen LogP contribution in [0, 0.1) is 0 Å². The summed E-state index contributed by atoms with van der Waals surface area (Å²) >= 11 is 1.74. The molecule has 0 unspecified atom stereocenters. The van der Waals surface area contributed by atoms with E-state index >= 15 is 0 Å². The van der Waals surface area contributed by atoms with Crippen LogP contribution in [0.3, 0.4) is 0 Å². The Labute approximate surface area is 122 Å². The third-order valence-corrected chi connectivity index (χ3v) is 3.99. The summed E-state index contributed by atoms with van der Waals surface area (Å²) in [7, 11) is 1.68. The van der Waals surface area contributed by atoms with Crippen LogP contribution in [0.15, 0.2) is 47.3 Å². The molecular weight excluding hydrogens is 268 g/mol. The summed E-state index contributed by atoms with van der Waals surface area (Å²) in [6, 6.07) is 10.2. The molecule has 0 amide bonds. The number of hydrogen-bond donors (Lipinski definition) is 1. The Kier molecular flexibility index (Phi) is 3.83. The minimum Gasteiger partial charge on any atom is -0.497 e. The molecule has 0 aliphatic carbocycles. The first kappa shape index (κ1) is 12.9. The molecule has 2 aromatic heterocycles. The van der Waals surface area contributed by atoms with Crippen LogP contribution >= 0.6 is 11.3 Å². The molecule has 3 rings (SSSR count). The van der Waals surface area contributed by atoms with Gasteiger partial charge in [0.25, 0.3) is 0 Å². The van der Waals surface area contributed by atoms with E-state index in [0.717, 1.165) is 35.3 Å². The number of nitrogens with one attached hydrogen (secondary N) is 1. The van der Waals surface area contributed by atoms with Gasteiger partial charge >= 0.3 is 0 Å². The SMILES string of the molecule is COc1ccc2c(NCCc3ccsc3)nccc2c1. The highest BCUT2D eigenvalue weighted by molar-refractivity contribution is 7.07. The molecule has 0 bridgehead atoms. The fourth-order valence-electron chi connectivity index (χ4n) is 2.18. The first-order chi connectivity index (χ1) is 9.86. The molecule has 102 valence electrons. The largest absolute Gasteiger partial charge is 0.497 e. The van der Waals surface area contributed by atoms with E-state index < -0.39 is 0 Å². The van der Waals surface area contributed by atoms with Crippen LogP contribution in [0.1, 0.15) is 5.56 Å². The number of hydrogen-bond acceptors (Lipinski definition) is 4. The normalized spacial score (nSPS) is 10.7. The van der Waals surface area contributed by atoms with Crippen molar-refractivity contribution in [1.82, 2.24) is 4.98 Å². The maximum Gasteiger partial charge on any atom is 0.133 e. The van der Waals surface area contributed by atoms with Gasteiger partial charge in [0.2, 0.25) is 0 Å². The zero-order valence-electron chi connectivity index (χ0n) is 11.3. The van der Waals surface area contributed by atoms with Gasteiger partial charge in [-0.2, -0.15) is 11.3 Å². The molecule has 4 heteroatoms. The number of methoxy groups -OCH3 is 1. The van der Waals surface area contributed by atoms with Crippen molar-refractivity contribution in [2.75, 3.05) is 19.0 Å². The second-order valence-electron chi connectivity index (χ2n) is 4.55. The zero-order valence-corrected chi connectivity index (χ0v) is 12.1. The van der Waals surface area contributed by atoms with E-state index in [1.54, 1.807) is 18.4 Å². The quantitative estimate of drug-likeness (QED) is 0.770. The Hall–Kier alpha value is -2.07. The number of pyridine rings is 1. The highest BCUT2D eigenvalue weighted by Gasteiger charge is 2.03. The van der Waals surface area contributed by atoms with E-state index in [1.807, 2.05) is 30.5 Å². The van der Waals surface area contributed by atoms with Gasteiger partial charge in [-0.05, 0) is 58.5 Å². The zero-order chi connectivity index (χ0) is 13.8. The number of rotatable bonds is 5. The molecule has 1 aromatic carbocycles. The fraction of sp³-hybridized carbons (Fsp3) is 0.188. The van der Waals surface area contributed by atoms with Gasteiger partial charge in [-0.25, -0.2) is 4.98 Å². The van der Waals surface area contributed by atoms with Gasteiger partial charge in [-0.1, -0.05) is 0 Å². The van der Waals surface area contributed by atoms with Crippen LogP contribution in [-0.4, -0.2) is 18.6 Å². The second kappa shape index (κ2) is 5.92. The summed E-state index contributed by atoms with van der Waals surface area (Å²) in [5.41, 5.74) is 1.37. The topological polar surface area (TPSA) is 34.1 Å². The van der Waals surface area contributed by atoms with E-state index in [9.17, 15) is 0 Å². The molecule has 3 aromatic rings. The molecule has 20 heavy (non-hydrogen) atoms. The monoisotopic (exact) mass is 284 g/mol. The number of benzene rings is 1. The molecule has 0 radical (unpaired) electrons. The molecule has 0 atom stereocenters. The molecule has 0 aliphatic rings. The van der Waals surface area contributed by atoms with Gasteiger partial charge in [0.05, 0.1) is 7.11 Å². The van der Waals surface area contributed by atoms with E-state index in [1.165, 1.54) is 5.56 Å². The number of thiophene rings is 1. The molecule has 0 saturated heterocycles. The number of fused-ring (bicyclic) bond motifs is 1. The van der Waals surface area contributed by atoms with Crippen LogP contribution < -0.4 is 10.1 Å². The first-order valence-corrected chi connectivity index (χ1v) is 7.49. The lowest BCUT2D eigenvalue weighted by molar-refractivity contribution is 0.415. The maximum absolute atomic E-state index is 5.25. The third kappa shape index (κ3) is 2.75. The Morgan fingerprint density at radius 2 is 2.20 bits per heavy atom. The molecule has 3 nitrogen and oxygen atoms in total. The summed E-state index contributed by atoms with van der Waals surface area (Å²) in [4.78, 5) is 4.43. The highest BCUT2D eigenvalue weighted by atomic mass is 32.1. The van der Waals surface area contributed by atoms with Gasteiger partial charge in [0, 0.05) is 18.1 Å². The van der Waals surface area contributed by atoms with Crippen LogP contribution in [0.2, 0.25) is 0 Å². The molecule has 1 N–H and O–H groups in total. The lowest BCUT2D eigenvalue weighted by Crippen LogP contribution is -2.06. The first-order valence-electron chi connectivity index (χ1n) is 6.54. The summed E-state index contributed by atoms with van der Waals surface area (Å²) in [6.45, 7) is 0.884. The van der Waals surface area contributed by atoms with Crippen molar-refractivity contribution in [3.05, 3.63) is 52.9 Å². The number of ether oxygens (including phenoxy) is 1. The van der Waals surface area contributed by atoms with Gasteiger partial charge < -0.3 is 10.1 Å². The minimum absolute atomic E-state index is 0.868. The van der Waals surface area contributed by atoms with E-state index in [2.05, 4.69) is 27.1 Å². The third-order valence-electron chi connectivity index (χ3n) is 3.26. The average Bonchev–Trinajstić information content (AvgIpc) is 3.00. The maximum atomic E-state index is 5.25. The predicted octanol–water partition coefficient (Wildman–Crippen LogP) is 3.96. The van der Waals surface area contributed by atoms with E-state index in [0.29, 0.717) is 0 Å². The van der Waals surface area contributed by atoms with Crippen molar-refractivity contribution in [2.45, 2.75) is 6.42 Å². The lowest BCUT2D eigenvalue weighted by atomic mass is 10.1. The molecule has 0 fully saturated rings. The van der Waals surface area contributed by atoms with E-state index in [-0.39, 0.29) is 0 Å². The van der Waals surface area contributed by atoms with Crippen molar-refractivity contribution in [3.8, 4) is 5.75 Å². The van der Waals surface area contributed by atoms with Crippen molar-refractivity contribution >= 4 is 27.9 Å². The number of aromatic nitrogens is 1. The summed E-state index contributed by atoms with van der Waals surface area (Å²) in [6.07, 6.45) is 2.84. The standard InChI is InChI=1S/C16H16N2OS/c1-19-14-2-3-15-13(10-14)5-8-18-16(15)17-7-4-12-6-9-20-11-12/h2-3,5-6,8-11H,4,7H2,1H3,(H,17,18). The van der Waals surface area contributed by atoms with Crippen LogP contribution in [0.25, 0.3) is 10.8 Å². The molecule has 0 saturated carbocycles. The molecule has 0 spiro atoms. The van der Waals surface area contributed by atoms with Crippen LogP contribution in [0.4, 0.5) is 5.82 Å². The lowest BCUT2D eigenvalue weighted by Gasteiger charge is -2.09. The average molecular weight is 284 g/mol. The fourth-order valence-corrected chi connectivity index (χ4v) is 2.89. The molecule has 2 heterocycles. The van der Waals surface area contributed by atoms with Crippen molar-refractivity contribution in [3.63, 3.8) is 0 Å². The highest BCUT2D eigenvalue weighted by Crippen LogP contribution is 2.25. The summed E-state index contributed by atoms with van der Waals surface area (Å²) < 4.78 is 5.25. The Balaban J connectivity index is 1.77. The van der Waals surface area contributed by atoms with Gasteiger partial charge in [-0.15, -0.1) is 0 Å². The van der Waals surface area contributed by atoms with Crippen molar-refractivity contribution in [2.24, 2.45) is 0 Å². The summed E-state index contributed by atoms with van der Waals surface area (Å²) in [5.74, 6) is 1.80. The van der Waals surface area contributed by atoms with Gasteiger partial charge in [0.1, 0.15) is 11.6 Å². The van der Waals surface area contributed by atoms with Crippen molar-refractivity contribution < 1.29 is 4.74 Å². The Morgan fingerprint density at radius 1 is 1.25 bits per heavy atom. The summed E-state index contributed by atoms with van der Waals surface area (Å²) in [5, 5.41) is 9.97. The minimum atomic E-state index is 0.868. The molecule has 0 aliphatic heterocycles. The van der Waals surface area contributed by atoms with Crippen LogP contribution in [-0.2, 0) is 6.42 Å². The van der Waals surface area contributed by atoms with Crippen LogP contribution in [0.5, 0.6) is 5.75 Å². The predicted molar refractivity (Wildman–Crippen MR) is 84.8 cm³/mol. The Bertz CT molecular complexity index is 695. The van der Waals surface area contributed by atoms with Gasteiger partial charge in [0.15, 0.2) is 0 Å². The van der Waals surface area contributed by atoms with E-state index in [4.69, 9.17) is 4.74 Å². The number of nitrogens with zero attached hydrogens (tertiary/aromatic N) is 1. The Morgan fingerprint density at radius 3 is 3.00 bits per heavy atom. The second-order valence-corrected chi connectivity index (χ2v) is 5.34.